The lowest BCUT2D eigenvalue weighted by Gasteiger charge is -2.10. The lowest BCUT2D eigenvalue weighted by Crippen LogP contribution is -2.18. The molecule has 0 aliphatic heterocycles. The maximum absolute atomic E-state index is 13.1. The van der Waals surface area contributed by atoms with E-state index in [0.29, 0.717) is 18.7 Å². The molecule has 1 aromatic carbocycles. The quantitative estimate of drug-likeness (QED) is 0.911. The van der Waals surface area contributed by atoms with Gasteiger partial charge in [0, 0.05) is 25.4 Å². The molecule has 0 aliphatic carbocycles. The second-order valence-corrected chi connectivity index (χ2v) is 4.55. The van der Waals surface area contributed by atoms with Crippen LogP contribution in [0.15, 0.2) is 41.3 Å². The first-order valence-electron chi connectivity index (χ1n) is 6.48. The number of pyridine rings is 1. The zero-order chi connectivity index (χ0) is 14.5. The second-order valence-electron chi connectivity index (χ2n) is 4.55. The molecule has 2 rings (SSSR count). The maximum Gasteiger partial charge on any atom is 0.250 e. The number of nitrogens with one attached hydrogen (secondary N) is 1. The predicted octanol–water partition coefficient (Wildman–Crippen LogP) is 3.15. The van der Waals surface area contributed by atoms with Crippen molar-refractivity contribution in [1.82, 2.24) is 4.57 Å². The summed E-state index contributed by atoms with van der Waals surface area (Å²) in [7, 11) is 0. The molecule has 3 nitrogen and oxygen atoms in total. The van der Waals surface area contributed by atoms with Crippen molar-refractivity contribution in [3.8, 4) is 0 Å². The van der Waals surface area contributed by atoms with Crippen LogP contribution in [0, 0.1) is 11.6 Å². The number of nitrogens with zero attached hydrogens (tertiary/aromatic N) is 1. The van der Waals surface area contributed by atoms with E-state index in [1.54, 1.807) is 16.8 Å². The van der Waals surface area contributed by atoms with E-state index in [9.17, 15) is 13.6 Å². The number of aromatic nitrogens is 1. The van der Waals surface area contributed by atoms with Gasteiger partial charge in [0.1, 0.15) is 0 Å². The average molecular weight is 278 g/mol. The molecule has 1 aromatic heterocycles. The van der Waals surface area contributed by atoms with Crippen molar-refractivity contribution in [2.45, 2.75) is 26.4 Å². The molecule has 0 bridgehead atoms. The van der Waals surface area contributed by atoms with E-state index in [2.05, 4.69) is 5.32 Å². The number of halogens is 2. The standard InChI is InChI=1S/C15H16F2N2O/c1-2-7-19-10-12(4-6-15(19)20)18-9-11-3-5-13(16)14(17)8-11/h3-6,8,10,18H,2,7,9H2,1H3. The lowest BCUT2D eigenvalue weighted by molar-refractivity contribution is 0.507. The lowest BCUT2D eigenvalue weighted by atomic mass is 10.2. The summed E-state index contributed by atoms with van der Waals surface area (Å²) in [6.07, 6.45) is 2.60. The van der Waals surface area contributed by atoms with Gasteiger partial charge in [0.15, 0.2) is 11.6 Å². The molecule has 1 heterocycles. The Labute approximate surface area is 115 Å². The Morgan fingerprint density at radius 3 is 2.65 bits per heavy atom. The summed E-state index contributed by atoms with van der Waals surface area (Å²) in [4.78, 5) is 11.6. The molecule has 1 N–H and O–H groups in total. The van der Waals surface area contributed by atoms with E-state index in [1.165, 1.54) is 12.1 Å². The summed E-state index contributed by atoms with van der Waals surface area (Å²) in [5.74, 6) is -1.72. The van der Waals surface area contributed by atoms with Crippen molar-refractivity contribution in [2.24, 2.45) is 0 Å². The Hall–Kier alpha value is -2.17. The molecule has 106 valence electrons. The third-order valence-electron chi connectivity index (χ3n) is 2.93. The van der Waals surface area contributed by atoms with Crippen LogP contribution < -0.4 is 10.9 Å². The van der Waals surface area contributed by atoms with E-state index >= 15 is 0 Å². The van der Waals surface area contributed by atoms with Crippen LogP contribution >= 0.6 is 0 Å². The van der Waals surface area contributed by atoms with E-state index in [4.69, 9.17) is 0 Å². The van der Waals surface area contributed by atoms with Crippen molar-refractivity contribution < 1.29 is 8.78 Å². The van der Waals surface area contributed by atoms with Gasteiger partial charge in [-0.25, -0.2) is 8.78 Å². The number of hydrogen-bond acceptors (Lipinski definition) is 2. The third-order valence-corrected chi connectivity index (χ3v) is 2.93. The first-order valence-corrected chi connectivity index (χ1v) is 6.48. The summed E-state index contributed by atoms with van der Waals surface area (Å²) >= 11 is 0. The molecule has 0 fully saturated rings. The average Bonchev–Trinajstić information content (AvgIpc) is 2.43. The molecular formula is C15H16F2N2O. The molecule has 0 radical (unpaired) electrons. The van der Waals surface area contributed by atoms with Crippen LogP contribution in [0.5, 0.6) is 0 Å². The number of anilines is 1. The maximum atomic E-state index is 13.1. The highest BCUT2D eigenvalue weighted by molar-refractivity contribution is 5.41. The van der Waals surface area contributed by atoms with Gasteiger partial charge < -0.3 is 9.88 Å². The highest BCUT2D eigenvalue weighted by atomic mass is 19.2. The molecule has 0 saturated heterocycles. The van der Waals surface area contributed by atoms with Crippen LogP contribution in [-0.2, 0) is 13.1 Å². The number of benzene rings is 1. The second kappa shape index (κ2) is 6.32. The van der Waals surface area contributed by atoms with Gasteiger partial charge in [-0.15, -0.1) is 0 Å². The van der Waals surface area contributed by atoms with Crippen LogP contribution in [-0.4, -0.2) is 4.57 Å². The molecule has 0 aliphatic rings. The summed E-state index contributed by atoms with van der Waals surface area (Å²) in [6.45, 7) is 3.01. The summed E-state index contributed by atoms with van der Waals surface area (Å²) in [6, 6.07) is 6.94. The summed E-state index contributed by atoms with van der Waals surface area (Å²) in [5, 5.41) is 3.08. The summed E-state index contributed by atoms with van der Waals surface area (Å²) in [5.41, 5.74) is 1.35. The minimum absolute atomic E-state index is 0.0507. The molecule has 20 heavy (non-hydrogen) atoms. The molecule has 0 atom stereocenters. The highest BCUT2D eigenvalue weighted by Crippen LogP contribution is 2.11. The van der Waals surface area contributed by atoms with Crippen molar-refractivity contribution in [3.63, 3.8) is 0 Å². The fraction of sp³-hybridized carbons (Fsp3) is 0.267. The Morgan fingerprint density at radius 2 is 1.95 bits per heavy atom. The van der Waals surface area contributed by atoms with Gasteiger partial charge in [-0.05, 0) is 30.2 Å². The monoisotopic (exact) mass is 278 g/mol. The minimum Gasteiger partial charge on any atom is -0.380 e. The van der Waals surface area contributed by atoms with Crippen LogP contribution in [0.4, 0.5) is 14.5 Å². The van der Waals surface area contributed by atoms with E-state index < -0.39 is 11.6 Å². The normalized spacial score (nSPS) is 10.6. The largest absolute Gasteiger partial charge is 0.380 e. The minimum atomic E-state index is -0.861. The van der Waals surface area contributed by atoms with Crippen LogP contribution in [0.3, 0.4) is 0 Å². The Morgan fingerprint density at radius 1 is 1.15 bits per heavy atom. The fourth-order valence-electron chi connectivity index (χ4n) is 1.91. The van der Waals surface area contributed by atoms with Crippen LogP contribution in [0.1, 0.15) is 18.9 Å². The number of hydrogen-bond donors (Lipinski definition) is 1. The first-order chi connectivity index (χ1) is 9.60. The Kier molecular flexibility index (Phi) is 4.50. The van der Waals surface area contributed by atoms with Crippen LogP contribution in [0.2, 0.25) is 0 Å². The number of aryl methyl sites for hydroxylation is 1. The van der Waals surface area contributed by atoms with Gasteiger partial charge >= 0.3 is 0 Å². The number of rotatable bonds is 5. The molecule has 5 heteroatoms. The molecule has 0 unspecified atom stereocenters. The van der Waals surface area contributed by atoms with E-state index in [0.717, 1.165) is 24.2 Å². The summed E-state index contributed by atoms with van der Waals surface area (Å²) < 4.78 is 27.5. The molecule has 0 amide bonds. The first kappa shape index (κ1) is 14.2. The van der Waals surface area contributed by atoms with E-state index in [-0.39, 0.29) is 5.56 Å². The van der Waals surface area contributed by atoms with Crippen molar-refractivity contribution in [3.05, 3.63) is 64.1 Å². The van der Waals surface area contributed by atoms with Gasteiger partial charge in [-0.3, -0.25) is 4.79 Å². The molecular weight excluding hydrogens is 262 g/mol. The predicted molar refractivity (Wildman–Crippen MR) is 74.7 cm³/mol. The van der Waals surface area contributed by atoms with Crippen molar-refractivity contribution in [2.75, 3.05) is 5.32 Å². The zero-order valence-corrected chi connectivity index (χ0v) is 11.2. The Bertz CT molecular complexity index is 653. The third kappa shape index (κ3) is 3.44. The van der Waals surface area contributed by atoms with Gasteiger partial charge in [0.2, 0.25) is 0 Å². The molecule has 2 aromatic rings. The van der Waals surface area contributed by atoms with Gasteiger partial charge in [-0.2, -0.15) is 0 Å². The smallest absolute Gasteiger partial charge is 0.250 e. The topological polar surface area (TPSA) is 34.0 Å². The highest BCUT2D eigenvalue weighted by Gasteiger charge is 2.03. The van der Waals surface area contributed by atoms with Crippen molar-refractivity contribution >= 4 is 5.69 Å². The van der Waals surface area contributed by atoms with Gasteiger partial charge in [0.05, 0.1) is 5.69 Å². The Balaban J connectivity index is 2.08. The van der Waals surface area contributed by atoms with Gasteiger partial charge in [-0.1, -0.05) is 13.0 Å². The van der Waals surface area contributed by atoms with E-state index in [1.807, 2.05) is 6.92 Å². The SMILES string of the molecule is CCCn1cc(NCc2ccc(F)c(F)c2)ccc1=O. The molecule has 0 saturated carbocycles. The fourth-order valence-corrected chi connectivity index (χ4v) is 1.91. The molecule has 0 spiro atoms. The van der Waals surface area contributed by atoms with Crippen molar-refractivity contribution in [1.29, 1.82) is 0 Å². The zero-order valence-electron chi connectivity index (χ0n) is 11.2. The van der Waals surface area contributed by atoms with Gasteiger partial charge in [0.25, 0.3) is 5.56 Å². The van der Waals surface area contributed by atoms with Crippen LogP contribution in [0.25, 0.3) is 0 Å².